The largest absolute Gasteiger partial charge is 0.369 e. The molecule has 3 aromatic rings. The zero-order chi connectivity index (χ0) is 13.2. The minimum atomic E-state index is 0.408. The Labute approximate surface area is 114 Å². The van der Waals surface area contributed by atoms with Gasteiger partial charge in [0.25, 0.3) is 11.7 Å². The van der Waals surface area contributed by atoms with Crippen molar-refractivity contribution in [1.29, 1.82) is 0 Å². The third-order valence-corrected chi connectivity index (χ3v) is 3.30. The van der Waals surface area contributed by atoms with Gasteiger partial charge in [-0.05, 0) is 17.5 Å². The zero-order valence-electron chi connectivity index (χ0n) is 10.6. The number of aromatic nitrogens is 4. The lowest BCUT2D eigenvalue weighted by Gasteiger charge is -1.99. The molecule has 0 N–H and O–H groups in total. The number of aliphatic imine (C=N–C) groups is 1. The summed E-state index contributed by atoms with van der Waals surface area (Å²) in [5.41, 5.74) is 0.971. The fourth-order valence-corrected chi connectivity index (χ4v) is 2.35. The number of rotatable bonds is 3. The molecule has 0 atom stereocenters. The second-order valence-corrected chi connectivity index (χ2v) is 5.09. The van der Waals surface area contributed by atoms with Crippen molar-refractivity contribution in [3.8, 4) is 10.6 Å². The molecule has 3 rings (SSSR count). The summed E-state index contributed by atoms with van der Waals surface area (Å²) >= 11 is 1.66. The van der Waals surface area contributed by atoms with Crippen molar-refractivity contribution in [3.63, 3.8) is 0 Å². The van der Waals surface area contributed by atoms with Gasteiger partial charge in [0, 0.05) is 20.3 Å². The van der Waals surface area contributed by atoms with E-state index in [1.807, 2.05) is 42.6 Å². The molecule has 19 heavy (non-hydrogen) atoms. The molecule has 0 aliphatic rings. The second-order valence-electron chi connectivity index (χ2n) is 4.14. The molecular weight excluding hydrogens is 260 g/mol. The Balaban J connectivity index is 2.10. The zero-order valence-corrected chi connectivity index (χ0v) is 11.4. The standard InChI is InChI=1S/C12H12N6S/c1-17(2)8-14-11-15-12-13-6-5-9(18(12)16-11)10-4-3-7-19-10/h3-8H,1-2H3/b14-8+. The molecule has 3 heterocycles. The van der Waals surface area contributed by atoms with Crippen molar-refractivity contribution in [2.75, 3.05) is 14.1 Å². The van der Waals surface area contributed by atoms with E-state index < -0.39 is 0 Å². The highest BCUT2D eigenvalue weighted by atomic mass is 32.1. The highest BCUT2D eigenvalue weighted by molar-refractivity contribution is 7.13. The van der Waals surface area contributed by atoms with Crippen molar-refractivity contribution < 1.29 is 0 Å². The summed E-state index contributed by atoms with van der Waals surface area (Å²) < 4.78 is 1.72. The Kier molecular flexibility index (Phi) is 2.96. The van der Waals surface area contributed by atoms with Gasteiger partial charge in [-0.15, -0.1) is 16.4 Å². The number of fused-ring (bicyclic) bond motifs is 1. The molecular formula is C12H12N6S. The topological polar surface area (TPSA) is 58.7 Å². The fraction of sp³-hybridized carbons (Fsp3) is 0.167. The maximum Gasteiger partial charge on any atom is 0.272 e. The minimum Gasteiger partial charge on any atom is -0.369 e. The lowest BCUT2D eigenvalue weighted by molar-refractivity contribution is 0.642. The predicted octanol–water partition coefficient (Wildman–Crippen LogP) is 2.07. The van der Waals surface area contributed by atoms with Crippen LogP contribution in [0.5, 0.6) is 0 Å². The summed E-state index contributed by atoms with van der Waals surface area (Å²) in [4.78, 5) is 15.6. The summed E-state index contributed by atoms with van der Waals surface area (Å²) in [7, 11) is 3.79. The van der Waals surface area contributed by atoms with Crippen molar-refractivity contribution in [1.82, 2.24) is 24.5 Å². The highest BCUT2D eigenvalue weighted by Gasteiger charge is 2.09. The number of nitrogens with zero attached hydrogens (tertiary/aromatic N) is 6. The molecule has 0 aliphatic heterocycles. The van der Waals surface area contributed by atoms with Crippen molar-refractivity contribution in [2.24, 2.45) is 4.99 Å². The molecule has 0 aromatic carbocycles. The van der Waals surface area contributed by atoms with E-state index in [4.69, 9.17) is 0 Å². The van der Waals surface area contributed by atoms with Gasteiger partial charge in [-0.1, -0.05) is 6.07 Å². The Hall–Kier alpha value is -2.28. The van der Waals surface area contributed by atoms with E-state index in [0.29, 0.717) is 11.7 Å². The van der Waals surface area contributed by atoms with Gasteiger partial charge in [0.1, 0.15) is 0 Å². The number of hydrogen-bond acceptors (Lipinski definition) is 5. The van der Waals surface area contributed by atoms with Gasteiger partial charge in [-0.2, -0.15) is 9.50 Å². The van der Waals surface area contributed by atoms with Crippen molar-refractivity contribution in [3.05, 3.63) is 29.8 Å². The van der Waals surface area contributed by atoms with Gasteiger partial charge in [0.05, 0.1) is 16.9 Å². The molecule has 96 valence electrons. The number of thiophene rings is 1. The maximum absolute atomic E-state index is 4.37. The molecule has 0 saturated heterocycles. The number of hydrogen-bond donors (Lipinski definition) is 0. The second kappa shape index (κ2) is 4.77. The summed E-state index contributed by atoms with van der Waals surface area (Å²) in [6.45, 7) is 0. The van der Waals surface area contributed by atoms with Crippen LogP contribution in [0.2, 0.25) is 0 Å². The molecule has 0 fully saturated rings. The van der Waals surface area contributed by atoms with E-state index in [2.05, 4.69) is 20.1 Å². The fourth-order valence-electron chi connectivity index (χ4n) is 1.62. The van der Waals surface area contributed by atoms with Crippen LogP contribution in [0.1, 0.15) is 0 Å². The first-order valence-electron chi connectivity index (χ1n) is 5.70. The van der Waals surface area contributed by atoms with Gasteiger partial charge in [0.2, 0.25) is 0 Å². The lowest BCUT2D eigenvalue weighted by atomic mass is 10.3. The SMILES string of the molecule is CN(C)/C=N/c1nc2nccc(-c3cccs3)n2n1. The molecule has 3 aromatic heterocycles. The van der Waals surface area contributed by atoms with Crippen LogP contribution in [0.3, 0.4) is 0 Å². The van der Waals surface area contributed by atoms with Gasteiger partial charge >= 0.3 is 0 Å². The molecule has 7 heteroatoms. The molecule has 6 nitrogen and oxygen atoms in total. The molecule has 0 aliphatic carbocycles. The Bertz CT molecular complexity index is 713. The monoisotopic (exact) mass is 272 g/mol. The average molecular weight is 272 g/mol. The van der Waals surface area contributed by atoms with Crippen LogP contribution < -0.4 is 0 Å². The normalized spacial score (nSPS) is 11.5. The molecule has 0 spiro atoms. The molecule has 0 amide bonds. The van der Waals surface area contributed by atoms with Crippen LogP contribution >= 0.6 is 11.3 Å². The first-order chi connectivity index (χ1) is 9.24. The van der Waals surface area contributed by atoms with Gasteiger partial charge < -0.3 is 4.90 Å². The molecule has 0 saturated carbocycles. The Morgan fingerprint density at radius 1 is 1.37 bits per heavy atom. The molecule has 0 radical (unpaired) electrons. The van der Waals surface area contributed by atoms with Crippen LogP contribution in [0.4, 0.5) is 5.95 Å². The third kappa shape index (κ3) is 2.32. The minimum absolute atomic E-state index is 0.408. The first kappa shape index (κ1) is 11.8. The average Bonchev–Trinajstić information content (AvgIpc) is 3.04. The lowest BCUT2D eigenvalue weighted by Crippen LogP contribution is -2.07. The summed E-state index contributed by atoms with van der Waals surface area (Å²) in [6.07, 6.45) is 3.40. The quantitative estimate of drug-likeness (QED) is 0.541. The summed E-state index contributed by atoms with van der Waals surface area (Å²) in [6, 6.07) is 5.98. The maximum atomic E-state index is 4.37. The van der Waals surface area contributed by atoms with Crippen LogP contribution in [0.25, 0.3) is 16.3 Å². The highest BCUT2D eigenvalue weighted by Crippen LogP contribution is 2.24. The van der Waals surface area contributed by atoms with Crippen LogP contribution in [0, 0.1) is 0 Å². The first-order valence-corrected chi connectivity index (χ1v) is 6.58. The predicted molar refractivity (Wildman–Crippen MR) is 75.9 cm³/mol. The van der Waals surface area contributed by atoms with E-state index in [1.54, 1.807) is 28.4 Å². The van der Waals surface area contributed by atoms with Crippen molar-refractivity contribution in [2.45, 2.75) is 0 Å². The Morgan fingerprint density at radius 3 is 3.00 bits per heavy atom. The van der Waals surface area contributed by atoms with Crippen LogP contribution in [-0.2, 0) is 0 Å². The summed E-state index contributed by atoms with van der Waals surface area (Å²) in [5, 5.41) is 6.40. The van der Waals surface area contributed by atoms with Crippen LogP contribution in [-0.4, -0.2) is 44.9 Å². The van der Waals surface area contributed by atoms with Gasteiger partial charge in [-0.25, -0.2) is 9.98 Å². The van der Waals surface area contributed by atoms with Gasteiger partial charge in [0.15, 0.2) is 0 Å². The van der Waals surface area contributed by atoms with Crippen molar-refractivity contribution >= 4 is 29.4 Å². The smallest absolute Gasteiger partial charge is 0.272 e. The molecule has 0 bridgehead atoms. The van der Waals surface area contributed by atoms with E-state index in [1.165, 1.54) is 0 Å². The summed E-state index contributed by atoms with van der Waals surface area (Å²) in [5.74, 6) is 0.960. The van der Waals surface area contributed by atoms with E-state index in [0.717, 1.165) is 10.6 Å². The Morgan fingerprint density at radius 2 is 2.26 bits per heavy atom. The van der Waals surface area contributed by atoms with E-state index >= 15 is 0 Å². The van der Waals surface area contributed by atoms with Crippen LogP contribution in [0.15, 0.2) is 34.8 Å². The molecule has 0 unspecified atom stereocenters. The third-order valence-electron chi connectivity index (χ3n) is 2.41. The van der Waals surface area contributed by atoms with Gasteiger partial charge in [-0.3, -0.25) is 0 Å². The van der Waals surface area contributed by atoms with E-state index in [9.17, 15) is 0 Å². The van der Waals surface area contributed by atoms with E-state index in [-0.39, 0.29) is 0 Å².